The van der Waals surface area contributed by atoms with Crippen LogP contribution in [0, 0.1) is 0 Å². The van der Waals surface area contributed by atoms with Gasteiger partial charge < -0.3 is 25.0 Å². The van der Waals surface area contributed by atoms with E-state index in [0.29, 0.717) is 40.9 Å². The van der Waals surface area contributed by atoms with Crippen LogP contribution in [0.3, 0.4) is 0 Å². The van der Waals surface area contributed by atoms with Crippen LogP contribution >= 0.6 is 11.3 Å². The first-order valence-electron chi connectivity index (χ1n) is 12.7. The van der Waals surface area contributed by atoms with Gasteiger partial charge in [0, 0.05) is 17.0 Å². The van der Waals surface area contributed by atoms with Crippen molar-refractivity contribution in [3.8, 4) is 22.6 Å². The van der Waals surface area contributed by atoms with Crippen molar-refractivity contribution in [2.75, 3.05) is 5.32 Å². The second-order valence-corrected chi connectivity index (χ2v) is 10.1. The molecule has 0 spiro atoms. The van der Waals surface area contributed by atoms with Gasteiger partial charge in [-0.1, -0.05) is 91.0 Å². The van der Waals surface area contributed by atoms with Gasteiger partial charge in [0.15, 0.2) is 6.23 Å². The number of aliphatic hydroxyl groups excluding tert-OH is 2. The highest BCUT2D eigenvalue weighted by Crippen LogP contribution is 2.47. The fourth-order valence-corrected chi connectivity index (χ4v) is 5.65. The van der Waals surface area contributed by atoms with Gasteiger partial charge in [-0.3, -0.25) is 0 Å². The summed E-state index contributed by atoms with van der Waals surface area (Å²) in [7, 11) is 0. The maximum Gasteiger partial charge on any atom is 0.155 e. The van der Waals surface area contributed by atoms with Crippen molar-refractivity contribution < 1.29 is 19.7 Å². The number of fused-ring (bicyclic) bond motifs is 1. The van der Waals surface area contributed by atoms with E-state index in [2.05, 4.69) is 5.32 Å². The van der Waals surface area contributed by atoms with Crippen molar-refractivity contribution >= 4 is 27.7 Å². The summed E-state index contributed by atoms with van der Waals surface area (Å²) in [6.07, 6.45) is -1.02. The largest absolute Gasteiger partial charge is 0.507 e. The smallest absolute Gasteiger partial charge is 0.155 e. The fraction of sp³-hybridized carbons (Fsp3) is 0.0909. The molecule has 0 saturated heterocycles. The van der Waals surface area contributed by atoms with Crippen LogP contribution in [0.5, 0.6) is 11.5 Å². The predicted octanol–water partition coefficient (Wildman–Crippen LogP) is 7.74. The topological polar surface area (TPSA) is 71.0 Å². The van der Waals surface area contributed by atoms with E-state index in [-0.39, 0.29) is 5.76 Å². The third-order valence-corrected chi connectivity index (χ3v) is 7.51. The molecule has 0 bridgehead atoms. The highest BCUT2D eigenvalue weighted by Gasteiger charge is 2.30. The third-order valence-electron chi connectivity index (χ3n) is 6.60. The molecule has 5 nitrogen and oxygen atoms in total. The molecule has 1 atom stereocenters. The van der Waals surface area contributed by atoms with Crippen molar-refractivity contribution in [1.82, 2.24) is 0 Å². The van der Waals surface area contributed by atoms with E-state index < -0.39 is 6.23 Å². The van der Waals surface area contributed by atoms with Crippen LogP contribution in [0.4, 0.5) is 5.00 Å². The molecule has 0 radical (unpaired) electrons. The molecule has 6 rings (SSSR count). The van der Waals surface area contributed by atoms with Crippen molar-refractivity contribution in [3.05, 3.63) is 137 Å². The minimum atomic E-state index is -1.02. The Bertz CT molecular complexity index is 1540. The SMILES string of the molecule is OC1=C(c2ccccc2)C(O)Nc2scc(-c3cc(OCc4ccccc4)cc(OCc4ccccc4)c3)c21. The van der Waals surface area contributed by atoms with E-state index in [1.54, 1.807) is 0 Å². The molecule has 0 saturated carbocycles. The van der Waals surface area contributed by atoms with E-state index in [1.165, 1.54) is 11.3 Å². The van der Waals surface area contributed by atoms with Gasteiger partial charge in [-0.05, 0) is 34.4 Å². The summed E-state index contributed by atoms with van der Waals surface area (Å²) in [5.74, 6) is 1.38. The highest BCUT2D eigenvalue weighted by molar-refractivity contribution is 7.15. The second-order valence-electron chi connectivity index (χ2n) is 9.27. The molecule has 2 heterocycles. The summed E-state index contributed by atoms with van der Waals surface area (Å²) in [4.78, 5) is 0. The number of hydrogen-bond donors (Lipinski definition) is 3. The van der Waals surface area contributed by atoms with E-state index in [4.69, 9.17) is 9.47 Å². The lowest BCUT2D eigenvalue weighted by Gasteiger charge is -2.25. The molecule has 6 heteroatoms. The number of rotatable bonds is 8. The molecule has 1 aliphatic rings. The Kier molecular flexibility index (Phi) is 7.04. The number of ether oxygens (including phenoxy) is 2. The normalized spacial score (nSPS) is 14.4. The molecule has 1 aromatic heterocycles. The van der Waals surface area contributed by atoms with E-state index in [1.807, 2.05) is 115 Å². The lowest BCUT2D eigenvalue weighted by Crippen LogP contribution is -2.25. The van der Waals surface area contributed by atoms with Crippen LogP contribution in [-0.2, 0) is 13.2 Å². The Morgan fingerprint density at radius 2 is 1.23 bits per heavy atom. The van der Waals surface area contributed by atoms with Gasteiger partial charge in [0.2, 0.25) is 0 Å². The lowest BCUT2D eigenvalue weighted by atomic mass is 9.93. The Morgan fingerprint density at radius 1 is 0.692 bits per heavy atom. The van der Waals surface area contributed by atoms with Gasteiger partial charge in [0.25, 0.3) is 0 Å². The van der Waals surface area contributed by atoms with Gasteiger partial charge in [-0.2, -0.15) is 0 Å². The molecule has 4 aromatic carbocycles. The van der Waals surface area contributed by atoms with E-state index in [9.17, 15) is 10.2 Å². The Morgan fingerprint density at radius 3 is 1.79 bits per heavy atom. The molecule has 0 aliphatic carbocycles. The highest BCUT2D eigenvalue weighted by atomic mass is 32.1. The number of thiophene rings is 1. The minimum Gasteiger partial charge on any atom is -0.507 e. The van der Waals surface area contributed by atoms with Crippen LogP contribution < -0.4 is 14.8 Å². The molecule has 1 aliphatic heterocycles. The van der Waals surface area contributed by atoms with E-state index in [0.717, 1.165) is 27.8 Å². The zero-order valence-corrected chi connectivity index (χ0v) is 21.9. The standard InChI is InChI=1S/C33H27NO4S/c35-31-29(24-14-8-3-9-15-24)32(36)34-33-30(31)28(21-39-33)25-16-26(37-19-22-10-4-1-5-11-22)18-27(17-25)38-20-23-12-6-2-7-13-23/h1-18,21,32,34-36H,19-20H2. The number of hydrogen-bond acceptors (Lipinski definition) is 6. The van der Waals surface area contributed by atoms with Gasteiger partial charge in [-0.15, -0.1) is 11.3 Å². The molecule has 5 aromatic rings. The van der Waals surface area contributed by atoms with Gasteiger partial charge in [-0.25, -0.2) is 0 Å². The summed E-state index contributed by atoms with van der Waals surface area (Å²) in [6, 6.07) is 35.2. The molecule has 0 fully saturated rings. The van der Waals surface area contributed by atoms with Crippen LogP contribution in [0.15, 0.2) is 115 Å². The summed E-state index contributed by atoms with van der Waals surface area (Å²) < 4.78 is 12.4. The van der Waals surface area contributed by atoms with E-state index >= 15 is 0 Å². The number of nitrogens with one attached hydrogen (secondary N) is 1. The molecule has 39 heavy (non-hydrogen) atoms. The van der Waals surface area contributed by atoms with Gasteiger partial charge in [0.1, 0.15) is 35.5 Å². The summed E-state index contributed by atoms with van der Waals surface area (Å²) in [5, 5.41) is 28.1. The van der Waals surface area contributed by atoms with Crippen molar-refractivity contribution in [1.29, 1.82) is 0 Å². The summed E-state index contributed by atoms with van der Waals surface area (Å²) in [6.45, 7) is 0.836. The van der Waals surface area contributed by atoms with Gasteiger partial charge in [0.05, 0.1) is 11.1 Å². The van der Waals surface area contributed by atoms with Crippen molar-refractivity contribution in [3.63, 3.8) is 0 Å². The molecule has 194 valence electrons. The Hall–Kier alpha value is -4.52. The Balaban J connectivity index is 1.38. The fourth-order valence-electron chi connectivity index (χ4n) is 4.66. The zero-order chi connectivity index (χ0) is 26.6. The average Bonchev–Trinajstić information content (AvgIpc) is 3.41. The number of aliphatic hydroxyl groups is 2. The summed E-state index contributed by atoms with van der Waals surface area (Å²) >= 11 is 1.44. The quantitative estimate of drug-likeness (QED) is 0.190. The van der Waals surface area contributed by atoms with Crippen LogP contribution in [-0.4, -0.2) is 16.4 Å². The van der Waals surface area contributed by atoms with Crippen LogP contribution in [0.25, 0.3) is 22.5 Å². The third kappa shape index (κ3) is 5.39. The first-order chi connectivity index (χ1) is 19.2. The first-order valence-corrected chi connectivity index (χ1v) is 13.6. The predicted molar refractivity (Wildman–Crippen MR) is 157 cm³/mol. The summed E-state index contributed by atoms with van der Waals surface area (Å²) in [5.41, 5.74) is 5.65. The maximum atomic E-state index is 11.4. The van der Waals surface area contributed by atoms with Crippen LogP contribution in [0.1, 0.15) is 22.3 Å². The number of benzene rings is 4. The number of anilines is 1. The molecule has 3 N–H and O–H groups in total. The molecular formula is C33H27NO4S. The van der Waals surface area contributed by atoms with Crippen molar-refractivity contribution in [2.45, 2.75) is 19.4 Å². The molecule has 0 amide bonds. The van der Waals surface area contributed by atoms with Crippen LogP contribution in [0.2, 0.25) is 0 Å². The zero-order valence-electron chi connectivity index (χ0n) is 21.1. The lowest BCUT2D eigenvalue weighted by molar-refractivity contribution is 0.259. The van der Waals surface area contributed by atoms with Gasteiger partial charge >= 0.3 is 0 Å². The average molecular weight is 534 g/mol. The Labute approximate surface area is 231 Å². The maximum absolute atomic E-state index is 11.4. The first kappa shape index (κ1) is 24.8. The monoisotopic (exact) mass is 533 g/mol. The minimum absolute atomic E-state index is 0.0565. The molecular weight excluding hydrogens is 506 g/mol. The second kappa shape index (κ2) is 11.1. The molecule has 1 unspecified atom stereocenters. The van der Waals surface area contributed by atoms with Crippen molar-refractivity contribution in [2.24, 2.45) is 0 Å².